The van der Waals surface area contributed by atoms with Gasteiger partial charge in [0.2, 0.25) is 0 Å². The summed E-state index contributed by atoms with van der Waals surface area (Å²) >= 11 is 0. The van der Waals surface area contributed by atoms with Gasteiger partial charge >= 0.3 is 0 Å². The molecule has 1 unspecified atom stereocenters. The van der Waals surface area contributed by atoms with Gasteiger partial charge in [-0.2, -0.15) is 0 Å². The number of aromatic nitrogens is 1. The van der Waals surface area contributed by atoms with Crippen LogP contribution in [-0.4, -0.2) is 33.7 Å². The average Bonchev–Trinajstić information content (AvgIpc) is 2.45. The molecule has 1 fully saturated rings. The highest BCUT2D eigenvalue weighted by Gasteiger charge is 2.31. The zero-order valence-corrected chi connectivity index (χ0v) is 9.40. The number of rotatable bonds is 2. The molecule has 0 amide bonds. The molecule has 0 spiro atoms. The van der Waals surface area contributed by atoms with Gasteiger partial charge in [-0.1, -0.05) is 6.07 Å². The largest absolute Gasteiger partial charge is 0.389 e. The van der Waals surface area contributed by atoms with E-state index in [-0.39, 0.29) is 0 Å². The number of pyridine rings is 1. The number of likely N-dealkylation sites (tertiary alicyclic amines) is 1. The molecule has 15 heavy (non-hydrogen) atoms. The fourth-order valence-electron chi connectivity index (χ4n) is 2.09. The molecular weight excluding hydrogens is 188 g/mol. The Morgan fingerprint density at radius 2 is 2.33 bits per heavy atom. The minimum Gasteiger partial charge on any atom is -0.389 e. The number of nitrogens with zero attached hydrogens (tertiary/aromatic N) is 2. The van der Waals surface area contributed by atoms with Crippen molar-refractivity contribution in [3.05, 3.63) is 29.6 Å². The Labute approximate surface area is 90.8 Å². The molecule has 82 valence electrons. The summed E-state index contributed by atoms with van der Waals surface area (Å²) in [5, 5.41) is 9.84. The normalized spacial score (nSPS) is 27.1. The van der Waals surface area contributed by atoms with Crippen LogP contribution in [0.25, 0.3) is 0 Å². The number of hydrogen-bond acceptors (Lipinski definition) is 3. The molecule has 0 radical (unpaired) electrons. The number of hydrogen-bond donors (Lipinski definition) is 1. The molecule has 1 N–H and O–H groups in total. The quantitative estimate of drug-likeness (QED) is 0.793. The third-order valence-electron chi connectivity index (χ3n) is 2.86. The minimum absolute atomic E-state index is 0.510. The third kappa shape index (κ3) is 2.76. The van der Waals surface area contributed by atoms with Gasteiger partial charge in [-0.3, -0.25) is 9.88 Å². The molecule has 1 saturated heterocycles. The van der Waals surface area contributed by atoms with E-state index in [0.29, 0.717) is 0 Å². The monoisotopic (exact) mass is 206 g/mol. The molecule has 1 aromatic heterocycles. The highest BCUT2D eigenvalue weighted by Crippen LogP contribution is 2.21. The van der Waals surface area contributed by atoms with Crippen molar-refractivity contribution in [3.8, 4) is 0 Å². The van der Waals surface area contributed by atoms with Crippen molar-refractivity contribution in [1.82, 2.24) is 9.88 Å². The predicted molar refractivity (Wildman–Crippen MR) is 59.5 cm³/mol. The van der Waals surface area contributed by atoms with Crippen molar-refractivity contribution in [2.24, 2.45) is 0 Å². The molecule has 3 heteroatoms. The minimum atomic E-state index is -0.510. The summed E-state index contributed by atoms with van der Waals surface area (Å²) < 4.78 is 0. The van der Waals surface area contributed by atoms with Crippen LogP contribution in [0, 0.1) is 6.92 Å². The zero-order chi connectivity index (χ0) is 10.9. The highest BCUT2D eigenvalue weighted by molar-refractivity contribution is 5.10. The topological polar surface area (TPSA) is 36.4 Å². The maximum atomic E-state index is 9.84. The Kier molecular flexibility index (Phi) is 2.76. The lowest BCUT2D eigenvalue weighted by atomic mass is 10.1. The molecular formula is C12H18N2O. The van der Waals surface area contributed by atoms with Gasteiger partial charge < -0.3 is 5.11 Å². The smallest absolute Gasteiger partial charge is 0.0758 e. The SMILES string of the molecule is Cc1cccc(CN2CCC(C)(O)C2)n1. The molecule has 3 nitrogen and oxygen atoms in total. The van der Waals surface area contributed by atoms with E-state index in [1.807, 2.05) is 32.0 Å². The lowest BCUT2D eigenvalue weighted by Crippen LogP contribution is -2.29. The van der Waals surface area contributed by atoms with E-state index in [2.05, 4.69) is 9.88 Å². The molecule has 1 aliphatic rings. The highest BCUT2D eigenvalue weighted by atomic mass is 16.3. The van der Waals surface area contributed by atoms with Gasteiger partial charge in [0.15, 0.2) is 0 Å². The van der Waals surface area contributed by atoms with Crippen LogP contribution < -0.4 is 0 Å². The standard InChI is InChI=1S/C12H18N2O/c1-10-4-3-5-11(13-10)8-14-7-6-12(2,15)9-14/h3-5,15H,6-9H2,1-2H3. The van der Waals surface area contributed by atoms with Gasteiger partial charge in [0, 0.05) is 25.3 Å². The zero-order valence-electron chi connectivity index (χ0n) is 9.40. The van der Waals surface area contributed by atoms with Gasteiger partial charge in [-0.05, 0) is 32.4 Å². The van der Waals surface area contributed by atoms with Crippen molar-refractivity contribution in [3.63, 3.8) is 0 Å². The molecule has 2 rings (SSSR count). The first-order valence-corrected chi connectivity index (χ1v) is 5.42. The predicted octanol–water partition coefficient (Wildman–Crippen LogP) is 1.35. The summed E-state index contributed by atoms with van der Waals surface area (Å²) in [4.78, 5) is 6.71. The van der Waals surface area contributed by atoms with Gasteiger partial charge in [-0.15, -0.1) is 0 Å². The molecule has 2 heterocycles. The summed E-state index contributed by atoms with van der Waals surface area (Å²) in [7, 11) is 0. The van der Waals surface area contributed by atoms with Crippen molar-refractivity contribution in [2.45, 2.75) is 32.4 Å². The van der Waals surface area contributed by atoms with E-state index in [1.54, 1.807) is 0 Å². The van der Waals surface area contributed by atoms with Crippen LogP contribution in [0.1, 0.15) is 24.7 Å². The van der Waals surface area contributed by atoms with E-state index in [1.165, 1.54) is 0 Å². The number of β-amino-alcohol motifs (C(OH)–C–C–N with tert-alkyl or cyclic N) is 1. The summed E-state index contributed by atoms with van der Waals surface area (Å²) in [6.45, 7) is 6.46. The van der Waals surface area contributed by atoms with Crippen molar-refractivity contribution in [1.29, 1.82) is 0 Å². The molecule has 1 aliphatic heterocycles. The second-order valence-corrected chi connectivity index (χ2v) is 4.73. The maximum absolute atomic E-state index is 9.84. The van der Waals surface area contributed by atoms with E-state index >= 15 is 0 Å². The second kappa shape index (κ2) is 3.91. The van der Waals surface area contributed by atoms with E-state index < -0.39 is 5.60 Å². The Bertz CT molecular complexity index is 349. The summed E-state index contributed by atoms with van der Waals surface area (Å²) in [5.74, 6) is 0. The first kappa shape index (κ1) is 10.6. The second-order valence-electron chi connectivity index (χ2n) is 4.73. The average molecular weight is 206 g/mol. The Morgan fingerprint density at radius 3 is 2.93 bits per heavy atom. The van der Waals surface area contributed by atoms with Gasteiger partial charge in [-0.25, -0.2) is 0 Å². The van der Waals surface area contributed by atoms with Crippen LogP contribution in [0.5, 0.6) is 0 Å². The van der Waals surface area contributed by atoms with Crippen LogP contribution in [0.15, 0.2) is 18.2 Å². The van der Waals surface area contributed by atoms with Crippen LogP contribution in [0.3, 0.4) is 0 Å². The fourth-order valence-corrected chi connectivity index (χ4v) is 2.09. The third-order valence-corrected chi connectivity index (χ3v) is 2.86. The number of aryl methyl sites for hydroxylation is 1. The van der Waals surface area contributed by atoms with Crippen molar-refractivity contribution < 1.29 is 5.11 Å². The first-order chi connectivity index (χ1) is 7.05. The summed E-state index contributed by atoms with van der Waals surface area (Å²) in [5.41, 5.74) is 1.63. The molecule has 1 aromatic rings. The Morgan fingerprint density at radius 1 is 1.53 bits per heavy atom. The molecule has 1 atom stereocenters. The Hall–Kier alpha value is -0.930. The van der Waals surface area contributed by atoms with Crippen molar-refractivity contribution in [2.75, 3.05) is 13.1 Å². The summed E-state index contributed by atoms with van der Waals surface area (Å²) in [6.07, 6.45) is 0.860. The maximum Gasteiger partial charge on any atom is 0.0758 e. The van der Waals surface area contributed by atoms with Crippen molar-refractivity contribution >= 4 is 0 Å². The van der Waals surface area contributed by atoms with Crippen LogP contribution in [-0.2, 0) is 6.54 Å². The van der Waals surface area contributed by atoms with Gasteiger partial charge in [0.25, 0.3) is 0 Å². The van der Waals surface area contributed by atoms with Crippen LogP contribution in [0.2, 0.25) is 0 Å². The molecule has 0 saturated carbocycles. The number of aliphatic hydroxyl groups is 1. The van der Waals surface area contributed by atoms with E-state index in [0.717, 1.165) is 37.4 Å². The molecule has 0 bridgehead atoms. The lowest BCUT2D eigenvalue weighted by Gasteiger charge is -2.18. The van der Waals surface area contributed by atoms with Crippen LogP contribution in [0.4, 0.5) is 0 Å². The Balaban J connectivity index is 1.99. The summed E-state index contributed by atoms with van der Waals surface area (Å²) in [6, 6.07) is 6.08. The first-order valence-electron chi connectivity index (χ1n) is 5.42. The van der Waals surface area contributed by atoms with E-state index in [4.69, 9.17) is 0 Å². The van der Waals surface area contributed by atoms with Crippen LogP contribution >= 0.6 is 0 Å². The lowest BCUT2D eigenvalue weighted by molar-refractivity contribution is 0.0677. The molecule has 0 aliphatic carbocycles. The van der Waals surface area contributed by atoms with Gasteiger partial charge in [0.05, 0.1) is 11.3 Å². The van der Waals surface area contributed by atoms with E-state index in [9.17, 15) is 5.11 Å². The molecule has 0 aromatic carbocycles. The van der Waals surface area contributed by atoms with Gasteiger partial charge in [0.1, 0.15) is 0 Å². The fraction of sp³-hybridized carbons (Fsp3) is 0.583.